The third-order valence-electron chi connectivity index (χ3n) is 3.14. The van der Waals surface area contributed by atoms with Crippen molar-refractivity contribution in [3.63, 3.8) is 0 Å². The lowest BCUT2D eigenvalue weighted by molar-refractivity contribution is -0.119. The lowest BCUT2D eigenvalue weighted by Gasteiger charge is -2.16. The molecule has 2 rings (SSSR count). The normalized spacial score (nSPS) is 11.7. The summed E-state index contributed by atoms with van der Waals surface area (Å²) in [5.41, 5.74) is 6.57. The number of nitrogens with one attached hydrogen (secondary N) is 1. The average molecular weight is 412 g/mol. The summed E-state index contributed by atoms with van der Waals surface area (Å²) in [4.78, 5) is 23.7. The van der Waals surface area contributed by atoms with Crippen LogP contribution in [0.1, 0.15) is 15.9 Å². The molecule has 0 bridgehead atoms. The molecule has 0 aliphatic carbocycles. The van der Waals surface area contributed by atoms with Crippen LogP contribution in [0.4, 0.5) is 4.39 Å². The van der Waals surface area contributed by atoms with E-state index in [4.69, 9.17) is 5.73 Å². The summed E-state index contributed by atoms with van der Waals surface area (Å²) in [6, 6.07) is 11.8. The molecule has 0 aliphatic rings. The van der Waals surface area contributed by atoms with Crippen LogP contribution in [0.2, 0.25) is 0 Å². The molecule has 0 unspecified atom stereocenters. The van der Waals surface area contributed by atoms with Crippen molar-refractivity contribution in [2.45, 2.75) is 12.5 Å². The molecule has 0 aromatic heterocycles. The highest BCUT2D eigenvalue weighted by atomic mass is 127. The number of hydrogen-bond donors (Lipinski definition) is 2. The fourth-order valence-corrected chi connectivity index (χ4v) is 2.56. The molecule has 0 spiro atoms. The molecule has 0 saturated carbocycles. The molecule has 1 atom stereocenters. The Hall–Kier alpha value is -1.96. The molecule has 0 heterocycles. The van der Waals surface area contributed by atoms with Gasteiger partial charge in [0.2, 0.25) is 5.91 Å². The van der Waals surface area contributed by atoms with Gasteiger partial charge in [0.1, 0.15) is 11.9 Å². The molecule has 22 heavy (non-hydrogen) atoms. The monoisotopic (exact) mass is 412 g/mol. The van der Waals surface area contributed by atoms with E-state index < -0.39 is 23.7 Å². The van der Waals surface area contributed by atoms with E-state index in [1.165, 1.54) is 24.3 Å². The molecule has 3 N–H and O–H groups in total. The molecule has 0 radical (unpaired) electrons. The summed E-state index contributed by atoms with van der Waals surface area (Å²) >= 11 is 2.16. The SMILES string of the molecule is NC(=O)[C@@H](Cc1ccccc1I)NC(=O)c1ccc(F)cc1. The number of nitrogens with two attached hydrogens (primary N) is 1. The number of halogens is 2. The lowest BCUT2D eigenvalue weighted by Crippen LogP contribution is -2.46. The maximum Gasteiger partial charge on any atom is 0.251 e. The Morgan fingerprint density at radius 1 is 1.14 bits per heavy atom. The zero-order valence-electron chi connectivity index (χ0n) is 11.6. The van der Waals surface area contributed by atoms with Crippen molar-refractivity contribution >= 4 is 34.4 Å². The van der Waals surface area contributed by atoms with Crippen molar-refractivity contribution in [2.75, 3.05) is 0 Å². The second-order valence-electron chi connectivity index (χ2n) is 4.73. The van der Waals surface area contributed by atoms with Crippen LogP contribution in [0.15, 0.2) is 48.5 Å². The largest absolute Gasteiger partial charge is 0.368 e. The van der Waals surface area contributed by atoms with E-state index in [1.54, 1.807) is 0 Å². The van der Waals surface area contributed by atoms with Crippen LogP contribution < -0.4 is 11.1 Å². The van der Waals surface area contributed by atoms with Gasteiger partial charge in [0.25, 0.3) is 5.91 Å². The van der Waals surface area contributed by atoms with Gasteiger partial charge in [0, 0.05) is 15.6 Å². The van der Waals surface area contributed by atoms with Crippen molar-refractivity contribution in [3.05, 3.63) is 69.0 Å². The number of carbonyl (C=O) groups is 2. The molecule has 0 saturated heterocycles. The highest BCUT2D eigenvalue weighted by Gasteiger charge is 2.20. The first-order valence-electron chi connectivity index (χ1n) is 6.56. The maximum absolute atomic E-state index is 12.9. The zero-order chi connectivity index (χ0) is 16.1. The summed E-state index contributed by atoms with van der Waals surface area (Å²) in [6.07, 6.45) is 0.307. The molecular formula is C16H14FIN2O2. The minimum atomic E-state index is -0.825. The first kappa shape index (κ1) is 16.4. The molecule has 4 nitrogen and oxygen atoms in total. The topological polar surface area (TPSA) is 72.2 Å². The molecule has 0 aliphatic heterocycles. The van der Waals surface area contributed by atoms with E-state index in [2.05, 4.69) is 27.9 Å². The van der Waals surface area contributed by atoms with Crippen molar-refractivity contribution in [3.8, 4) is 0 Å². The van der Waals surface area contributed by atoms with Crippen LogP contribution in [-0.4, -0.2) is 17.9 Å². The first-order valence-corrected chi connectivity index (χ1v) is 7.64. The van der Waals surface area contributed by atoms with E-state index in [9.17, 15) is 14.0 Å². The smallest absolute Gasteiger partial charge is 0.251 e. The van der Waals surface area contributed by atoms with Crippen molar-refractivity contribution in [2.24, 2.45) is 5.73 Å². The van der Waals surface area contributed by atoms with Crippen molar-refractivity contribution < 1.29 is 14.0 Å². The number of carbonyl (C=O) groups excluding carboxylic acids is 2. The van der Waals surface area contributed by atoms with Gasteiger partial charge in [0.05, 0.1) is 0 Å². The molecule has 2 aromatic carbocycles. The molecular weight excluding hydrogens is 398 g/mol. The Morgan fingerprint density at radius 3 is 2.36 bits per heavy atom. The summed E-state index contributed by atoms with van der Waals surface area (Å²) in [6.45, 7) is 0. The van der Waals surface area contributed by atoms with E-state index in [-0.39, 0.29) is 5.56 Å². The van der Waals surface area contributed by atoms with E-state index in [0.29, 0.717) is 6.42 Å². The van der Waals surface area contributed by atoms with E-state index >= 15 is 0 Å². The Bertz CT molecular complexity index is 689. The molecule has 2 amide bonds. The second kappa shape index (κ2) is 7.35. The van der Waals surface area contributed by atoms with E-state index in [0.717, 1.165) is 9.13 Å². The highest BCUT2D eigenvalue weighted by Crippen LogP contribution is 2.14. The number of primary amides is 1. The quantitative estimate of drug-likeness (QED) is 0.740. The molecule has 2 aromatic rings. The third kappa shape index (κ3) is 4.27. The van der Waals surface area contributed by atoms with E-state index in [1.807, 2.05) is 24.3 Å². The van der Waals surface area contributed by atoms with Gasteiger partial charge in [-0.1, -0.05) is 18.2 Å². The minimum absolute atomic E-state index is 0.274. The number of rotatable bonds is 5. The Kier molecular flexibility index (Phi) is 5.48. The third-order valence-corrected chi connectivity index (χ3v) is 4.19. The Morgan fingerprint density at radius 2 is 1.77 bits per heavy atom. The average Bonchev–Trinajstić information content (AvgIpc) is 2.49. The van der Waals surface area contributed by atoms with Gasteiger partial charge in [-0.2, -0.15) is 0 Å². The van der Waals surface area contributed by atoms with Gasteiger partial charge in [-0.05, 0) is 58.5 Å². The predicted molar refractivity (Wildman–Crippen MR) is 89.7 cm³/mol. The number of amides is 2. The molecule has 0 fully saturated rings. The van der Waals surface area contributed by atoms with Gasteiger partial charge in [-0.25, -0.2) is 4.39 Å². The van der Waals surface area contributed by atoms with Gasteiger partial charge in [-0.15, -0.1) is 0 Å². The van der Waals surface area contributed by atoms with Crippen LogP contribution >= 0.6 is 22.6 Å². The lowest BCUT2D eigenvalue weighted by atomic mass is 10.0. The van der Waals surface area contributed by atoms with Crippen LogP contribution in [0.3, 0.4) is 0 Å². The summed E-state index contributed by atoms with van der Waals surface area (Å²) in [5, 5.41) is 2.59. The maximum atomic E-state index is 12.9. The fraction of sp³-hybridized carbons (Fsp3) is 0.125. The predicted octanol–water partition coefficient (Wildman–Crippen LogP) is 2.26. The fourth-order valence-electron chi connectivity index (χ4n) is 1.95. The summed E-state index contributed by atoms with van der Waals surface area (Å²) < 4.78 is 13.9. The van der Waals surface area contributed by atoms with Crippen LogP contribution in [0, 0.1) is 9.39 Å². The summed E-state index contributed by atoms with van der Waals surface area (Å²) in [7, 11) is 0. The van der Waals surface area contributed by atoms with Crippen molar-refractivity contribution in [1.82, 2.24) is 5.32 Å². The van der Waals surface area contributed by atoms with Gasteiger partial charge < -0.3 is 11.1 Å². The number of benzene rings is 2. The van der Waals surface area contributed by atoms with Gasteiger partial charge >= 0.3 is 0 Å². The van der Waals surface area contributed by atoms with Crippen LogP contribution in [-0.2, 0) is 11.2 Å². The van der Waals surface area contributed by atoms with Crippen LogP contribution in [0.25, 0.3) is 0 Å². The van der Waals surface area contributed by atoms with Gasteiger partial charge in [0.15, 0.2) is 0 Å². The zero-order valence-corrected chi connectivity index (χ0v) is 13.7. The highest BCUT2D eigenvalue weighted by molar-refractivity contribution is 14.1. The Labute approximate surface area is 141 Å². The molecule has 6 heteroatoms. The second-order valence-corrected chi connectivity index (χ2v) is 5.89. The molecule has 114 valence electrons. The number of hydrogen-bond acceptors (Lipinski definition) is 2. The summed E-state index contributed by atoms with van der Waals surface area (Å²) in [5.74, 6) is -1.51. The Balaban J connectivity index is 2.12. The standard InChI is InChI=1S/C16H14FIN2O2/c17-12-7-5-10(6-8-12)16(22)20-14(15(19)21)9-11-3-1-2-4-13(11)18/h1-8,14H,9H2,(H2,19,21)(H,20,22)/t14-/m1/s1. The minimum Gasteiger partial charge on any atom is -0.368 e. The van der Waals surface area contributed by atoms with Gasteiger partial charge in [-0.3, -0.25) is 9.59 Å². The first-order chi connectivity index (χ1) is 10.5. The van der Waals surface area contributed by atoms with Crippen LogP contribution in [0.5, 0.6) is 0 Å². The van der Waals surface area contributed by atoms with Crippen molar-refractivity contribution in [1.29, 1.82) is 0 Å².